The maximum absolute atomic E-state index is 5.95. The van der Waals surface area contributed by atoms with Crippen LogP contribution in [0.1, 0.15) is 24.5 Å². The molecule has 1 aliphatic carbocycles. The molecule has 0 fully saturated rings. The first-order valence-electron chi connectivity index (χ1n) is 5.20. The predicted octanol–water partition coefficient (Wildman–Crippen LogP) is 2.90. The van der Waals surface area contributed by atoms with Crippen molar-refractivity contribution in [1.29, 1.82) is 0 Å². The average Bonchev–Trinajstić information content (AvgIpc) is 2.17. The van der Waals surface area contributed by atoms with Gasteiger partial charge in [0.05, 0.1) is 0 Å². The number of rotatable bonds is 1. The molecule has 0 heterocycles. The minimum atomic E-state index is 0.321. The molecule has 2 atom stereocenters. The van der Waals surface area contributed by atoms with E-state index in [2.05, 4.69) is 41.1 Å². The summed E-state index contributed by atoms with van der Waals surface area (Å²) in [6.45, 7) is 2.12. The van der Waals surface area contributed by atoms with Crippen LogP contribution in [0.3, 0.4) is 0 Å². The molecule has 14 heavy (non-hydrogen) atoms. The molecule has 0 aliphatic heterocycles. The second-order valence-electron chi connectivity index (χ2n) is 4.24. The van der Waals surface area contributed by atoms with Crippen LogP contribution in [0.25, 0.3) is 0 Å². The van der Waals surface area contributed by atoms with Gasteiger partial charge in [0, 0.05) is 10.5 Å². The van der Waals surface area contributed by atoms with Crippen LogP contribution in [0.15, 0.2) is 22.7 Å². The Hall–Kier alpha value is -0.340. The van der Waals surface area contributed by atoms with E-state index in [0.29, 0.717) is 12.0 Å². The molecule has 2 heteroatoms. The SMILES string of the molecule is CC(N)C1CCc2c(Br)cccc2C1. The molecule has 1 aromatic rings. The van der Waals surface area contributed by atoms with E-state index < -0.39 is 0 Å². The van der Waals surface area contributed by atoms with Crippen LogP contribution in [0, 0.1) is 5.92 Å². The van der Waals surface area contributed by atoms with Crippen LogP contribution in [-0.2, 0) is 12.8 Å². The van der Waals surface area contributed by atoms with Gasteiger partial charge in [0.1, 0.15) is 0 Å². The number of benzene rings is 1. The van der Waals surface area contributed by atoms with Crippen LogP contribution in [-0.4, -0.2) is 6.04 Å². The Bertz CT molecular complexity index is 333. The molecule has 0 bridgehead atoms. The van der Waals surface area contributed by atoms with Gasteiger partial charge in [-0.3, -0.25) is 0 Å². The highest BCUT2D eigenvalue weighted by molar-refractivity contribution is 9.10. The molecule has 0 aromatic heterocycles. The summed E-state index contributed by atoms with van der Waals surface area (Å²) in [5.74, 6) is 0.664. The molecule has 1 aliphatic rings. The Morgan fingerprint density at radius 1 is 1.50 bits per heavy atom. The zero-order valence-corrected chi connectivity index (χ0v) is 10.0. The van der Waals surface area contributed by atoms with Crippen molar-refractivity contribution in [1.82, 2.24) is 0 Å². The van der Waals surface area contributed by atoms with Crippen LogP contribution in [0.4, 0.5) is 0 Å². The molecular formula is C12H16BrN. The Morgan fingerprint density at radius 3 is 3.00 bits per heavy atom. The van der Waals surface area contributed by atoms with Crippen molar-refractivity contribution < 1.29 is 0 Å². The van der Waals surface area contributed by atoms with Crippen molar-refractivity contribution in [2.24, 2.45) is 11.7 Å². The Kier molecular flexibility index (Phi) is 2.93. The van der Waals surface area contributed by atoms with Gasteiger partial charge in [0.15, 0.2) is 0 Å². The fourth-order valence-corrected chi connectivity index (χ4v) is 2.84. The third-order valence-electron chi connectivity index (χ3n) is 3.21. The monoisotopic (exact) mass is 253 g/mol. The molecule has 0 spiro atoms. The summed E-state index contributed by atoms with van der Waals surface area (Å²) in [6, 6.07) is 6.80. The fraction of sp³-hybridized carbons (Fsp3) is 0.500. The molecule has 2 unspecified atom stereocenters. The molecule has 2 N–H and O–H groups in total. The lowest BCUT2D eigenvalue weighted by atomic mass is 9.81. The van der Waals surface area contributed by atoms with E-state index in [1.54, 1.807) is 0 Å². The zero-order valence-electron chi connectivity index (χ0n) is 8.46. The highest BCUT2D eigenvalue weighted by Gasteiger charge is 2.22. The van der Waals surface area contributed by atoms with E-state index in [-0.39, 0.29) is 0 Å². The second kappa shape index (κ2) is 4.03. The normalized spacial score (nSPS) is 22.9. The third kappa shape index (κ3) is 1.86. The maximum atomic E-state index is 5.95. The van der Waals surface area contributed by atoms with E-state index in [4.69, 9.17) is 5.73 Å². The zero-order chi connectivity index (χ0) is 10.1. The van der Waals surface area contributed by atoms with Crippen LogP contribution < -0.4 is 5.73 Å². The molecule has 0 saturated heterocycles. The lowest BCUT2D eigenvalue weighted by molar-refractivity contribution is 0.393. The molecule has 0 radical (unpaired) electrons. The van der Waals surface area contributed by atoms with Gasteiger partial charge in [-0.2, -0.15) is 0 Å². The average molecular weight is 254 g/mol. The van der Waals surface area contributed by atoms with Crippen molar-refractivity contribution in [2.45, 2.75) is 32.2 Å². The minimum Gasteiger partial charge on any atom is -0.328 e. The van der Waals surface area contributed by atoms with Gasteiger partial charge in [0.25, 0.3) is 0 Å². The number of fused-ring (bicyclic) bond motifs is 1. The van der Waals surface area contributed by atoms with Gasteiger partial charge in [-0.15, -0.1) is 0 Å². The lowest BCUT2D eigenvalue weighted by Crippen LogP contribution is -2.31. The first-order valence-corrected chi connectivity index (χ1v) is 5.99. The summed E-state index contributed by atoms with van der Waals surface area (Å²) < 4.78 is 1.26. The van der Waals surface area contributed by atoms with E-state index >= 15 is 0 Å². The van der Waals surface area contributed by atoms with Crippen molar-refractivity contribution in [2.75, 3.05) is 0 Å². The minimum absolute atomic E-state index is 0.321. The van der Waals surface area contributed by atoms with Crippen LogP contribution >= 0.6 is 15.9 Å². The largest absolute Gasteiger partial charge is 0.328 e. The number of hydrogen-bond acceptors (Lipinski definition) is 1. The number of nitrogens with two attached hydrogens (primary N) is 1. The van der Waals surface area contributed by atoms with Gasteiger partial charge in [-0.05, 0) is 49.3 Å². The first-order chi connectivity index (χ1) is 6.68. The Balaban J connectivity index is 2.27. The van der Waals surface area contributed by atoms with Crippen molar-refractivity contribution in [3.8, 4) is 0 Å². The van der Waals surface area contributed by atoms with Gasteiger partial charge >= 0.3 is 0 Å². The fourth-order valence-electron chi connectivity index (χ4n) is 2.24. The lowest BCUT2D eigenvalue weighted by Gasteiger charge is -2.27. The smallest absolute Gasteiger partial charge is 0.0210 e. The van der Waals surface area contributed by atoms with Gasteiger partial charge in [-0.1, -0.05) is 28.1 Å². The molecule has 1 aromatic carbocycles. The molecular weight excluding hydrogens is 238 g/mol. The summed E-state index contributed by atoms with van der Waals surface area (Å²) in [5, 5.41) is 0. The van der Waals surface area contributed by atoms with Crippen LogP contribution in [0.5, 0.6) is 0 Å². The molecule has 2 rings (SSSR count). The molecule has 0 saturated carbocycles. The van der Waals surface area contributed by atoms with E-state index in [1.165, 1.54) is 28.4 Å². The third-order valence-corrected chi connectivity index (χ3v) is 3.95. The van der Waals surface area contributed by atoms with E-state index in [9.17, 15) is 0 Å². The highest BCUT2D eigenvalue weighted by atomic mass is 79.9. The first kappa shape index (κ1) is 10.2. The Morgan fingerprint density at radius 2 is 2.29 bits per heavy atom. The van der Waals surface area contributed by atoms with Gasteiger partial charge in [0.2, 0.25) is 0 Å². The molecule has 0 amide bonds. The van der Waals surface area contributed by atoms with Crippen molar-refractivity contribution in [3.63, 3.8) is 0 Å². The maximum Gasteiger partial charge on any atom is 0.0210 e. The summed E-state index contributed by atoms with van der Waals surface area (Å²) in [6.07, 6.45) is 3.54. The summed E-state index contributed by atoms with van der Waals surface area (Å²) >= 11 is 3.61. The summed E-state index contributed by atoms with van der Waals surface area (Å²) in [5.41, 5.74) is 8.92. The van der Waals surface area contributed by atoms with Crippen LogP contribution in [0.2, 0.25) is 0 Å². The van der Waals surface area contributed by atoms with Crippen molar-refractivity contribution in [3.05, 3.63) is 33.8 Å². The quantitative estimate of drug-likeness (QED) is 0.819. The van der Waals surface area contributed by atoms with Gasteiger partial charge < -0.3 is 5.73 Å². The standard InChI is InChI=1S/C12H16BrN/c1-8(14)9-5-6-11-10(7-9)3-2-4-12(11)13/h2-4,8-9H,5-7,14H2,1H3. The topological polar surface area (TPSA) is 26.0 Å². The van der Waals surface area contributed by atoms with Gasteiger partial charge in [-0.25, -0.2) is 0 Å². The Labute approximate surface area is 93.8 Å². The predicted molar refractivity (Wildman–Crippen MR) is 63.3 cm³/mol. The molecule has 76 valence electrons. The second-order valence-corrected chi connectivity index (χ2v) is 5.09. The van der Waals surface area contributed by atoms with Crippen molar-refractivity contribution >= 4 is 15.9 Å². The van der Waals surface area contributed by atoms with E-state index in [0.717, 1.165) is 6.42 Å². The number of halogens is 1. The molecule has 1 nitrogen and oxygen atoms in total. The summed E-state index contributed by atoms with van der Waals surface area (Å²) in [7, 11) is 0. The summed E-state index contributed by atoms with van der Waals surface area (Å²) in [4.78, 5) is 0. The van der Waals surface area contributed by atoms with E-state index in [1.807, 2.05) is 0 Å². The highest BCUT2D eigenvalue weighted by Crippen LogP contribution is 2.31. The number of hydrogen-bond donors (Lipinski definition) is 1.